The molecule has 0 saturated carbocycles. The lowest BCUT2D eigenvalue weighted by atomic mass is 10.1. The van der Waals surface area contributed by atoms with E-state index in [9.17, 15) is 4.79 Å². The van der Waals surface area contributed by atoms with Crippen molar-refractivity contribution in [3.63, 3.8) is 0 Å². The number of carbonyl (C=O) groups excluding carboxylic acids is 1. The van der Waals surface area contributed by atoms with Gasteiger partial charge in [0.1, 0.15) is 0 Å². The second kappa shape index (κ2) is 7.31. The molecule has 2 aromatic carbocycles. The van der Waals surface area contributed by atoms with Crippen LogP contribution in [0.4, 0.5) is 0 Å². The van der Waals surface area contributed by atoms with Crippen molar-refractivity contribution in [3.8, 4) is 0 Å². The van der Waals surface area contributed by atoms with Crippen LogP contribution in [0.15, 0.2) is 64.9 Å². The fraction of sp³-hybridized carbons (Fsp3) is 0.167. The minimum Gasteiger partial charge on any atom is -0.322 e. The van der Waals surface area contributed by atoms with Crippen LogP contribution in [0.25, 0.3) is 11.0 Å². The second-order valence-corrected chi connectivity index (χ2v) is 6.27. The van der Waals surface area contributed by atoms with Crippen LogP contribution in [-0.2, 0) is 11.8 Å². The van der Waals surface area contributed by atoms with Crippen molar-refractivity contribution >= 4 is 34.4 Å². The van der Waals surface area contributed by atoms with E-state index in [4.69, 9.17) is 0 Å². The molecule has 24 heavy (non-hydrogen) atoms. The number of benzene rings is 2. The molecule has 3 aromatic rings. The summed E-state index contributed by atoms with van der Waals surface area (Å²) >= 11 is 1.40. The molecule has 0 aliphatic heterocycles. The van der Waals surface area contributed by atoms with E-state index < -0.39 is 0 Å². The predicted molar refractivity (Wildman–Crippen MR) is 98.2 cm³/mol. The third-order valence-electron chi connectivity index (χ3n) is 3.62. The molecule has 6 heteroatoms. The fourth-order valence-electron chi connectivity index (χ4n) is 2.30. The lowest BCUT2D eigenvalue weighted by molar-refractivity contribution is -0.118. The number of fused-ring (bicyclic) bond motifs is 1. The quantitative estimate of drug-likeness (QED) is 0.441. The van der Waals surface area contributed by atoms with Gasteiger partial charge in [0.2, 0.25) is 0 Å². The molecule has 0 atom stereocenters. The van der Waals surface area contributed by atoms with Crippen molar-refractivity contribution in [2.24, 2.45) is 12.1 Å². The van der Waals surface area contributed by atoms with Crippen LogP contribution in [0.5, 0.6) is 0 Å². The molecule has 3 rings (SSSR count). The number of rotatable bonds is 5. The number of nitrogens with one attached hydrogen (secondary N) is 1. The minimum atomic E-state index is -0.151. The van der Waals surface area contributed by atoms with E-state index in [1.165, 1.54) is 11.8 Å². The van der Waals surface area contributed by atoms with Crippen molar-refractivity contribution < 1.29 is 4.79 Å². The highest BCUT2D eigenvalue weighted by Gasteiger charge is 2.10. The van der Waals surface area contributed by atoms with E-state index in [-0.39, 0.29) is 11.7 Å². The van der Waals surface area contributed by atoms with E-state index in [0.717, 1.165) is 27.5 Å². The van der Waals surface area contributed by atoms with Crippen molar-refractivity contribution in [3.05, 3.63) is 60.2 Å². The number of amides is 1. The van der Waals surface area contributed by atoms with Gasteiger partial charge in [-0.05, 0) is 24.6 Å². The highest BCUT2D eigenvalue weighted by atomic mass is 32.2. The average Bonchev–Trinajstić information content (AvgIpc) is 2.95. The molecule has 1 aromatic heterocycles. The summed E-state index contributed by atoms with van der Waals surface area (Å²) in [5.41, 5.74) is 6.34. The van der Waals surface area contributed by atoms with Gasteiger partial charge < -0.3 is 4.57 Å². The lowest BCUT2D eigenvalue weighted by Crippen LogP contribution is -2.21. The van der Waals surface area contributed by atoms with Crippen molar-refractivity contribution in [2.45, 2.75) is 12.1 Å². The molecule has 0 saturated heterocycles. The van der Waals surface area contributed by atoms with Gasteiger partial charge in [0, 0.05) is 7.05 Å². The molecular formula is C18H18N4OS. The van der Waals surface area contributed by atoms with Crippen LogP contribution in [0.2, 0.25) is 0 Å². The van der Waals surface area contributed by atoms with E-state index in [1.54, 1.807) is 0 Å². The number of hydrogen-bond acceptors (Lipinski definition) is 4. The molecule has 0 unspecified atom stereocenters. The summed E-state index contributed by atoms with van der Waals surface area (Å²) in [6.07, 6.45) is 0. The number of thioether (sulfide) groups is 1. The summed E-state index contributed by atoms with van der Waals surface area (Å²) in [4.78, 5) is 16.5. The first-order chi connectivity index (χ1) is 11.6. The van der Waals surface area contributed by atoms with E-state index in [1.807, 2.05) is 73.1 Å². The number of aromatic nitrogens is 2. The van der Waals surface area contributed by atoms with E-state index in [2.05, 4.69) is 15.5 Å². The largest absolute Gasteiger partial charge is 0.322 e. The molecule has 0 aliphatic carbocycles. The molecule has 0 aliphatic rings. The molecule has 1 N–H and O–H groups in total. The number of para-hydroxylation sites is 2. The molecule has 0 radical (unpaired) electrons. The van der Waals surface area contributed by atoms with Gasteiger partial charge in [0.25, 0.3) is 5.91 Å². The van der Waals surface area contributed by atoms with Gasteiger partial charge in [-0.25, -0.2) is 10.4 Å². The highest BCUT2D eigenvalue weighted by Crippen LogP contribution is 2.22. The van der Waals surface area contributed by atoms with Gasteiger partial charge in [-0.3, -0.25) is 4.79 Å². The van der Waals surface area contributed by atoms with Crippen molar-refractivity contribution in [1.82, 2.24) is 15.0 Å². The molecule has 0 spiro atoms. The van der Waals surface area contributed by atoms with Crippen molar-refractivity contribution in [1.29, 1.82) is 0 Å². The fourth-order valence-corrected chi connectivity index (χ4v) is 3.08. The Morgan fingerprint density at radius 1 is 1.17 bits per heavy atom. The summed E-state index contributed by atoms with van der Waals surface area (Å²) in [6, 6.07) is 17.7. The molecule has 1 amide bonds. The van der Waals surface area contributed by atoms with Crippen molar-refractivity contribution in [2.75, 3.05) is 5.75 Å². The summed E-state index contributed by atoms with van der Waals surface area (Å²) in [7, 11) is 1.95. The molecule has 5 nitrogen and oxygen atoms in total. The number of hydrazone groups is 1. The van der Waals surface area contributed by atoms with Gasteiger partial charge in [-0.15, -0.1) is 0 Å². The Hall–Kier alpha value is -2.60. The Balaban J connectivity index is 1.60. The van der Waals surface area contributed by atoms with Gasteiger partial charge in [-0.1, -0.05) is 54.2 Å². The maximum absolute atomic E-state index is 12.0. The van der Waals surface area contributed by atoms with Crippen LogP contribution in [0.1, 0.15) is 12.5 Å². The van der Waals surface area contributed by atoms with E-state index in [0.29, 0.717) is 0 Å². The second-order valence-electron chi connectivity index (χ2n) is 5.33. The Bertz CT molecular complexity index is 886. The third-order valence-corrected chi connectivity index (χ3v) is 4.65. The monoisotopic (exact) mass is 338 g/mol. The molecule has 0 fully saturated rings. The maximum atomic E-state index is 12.0. The number of aryl methyl sites for hydroxylation is 1. The van der Waals surface area contributed by atoms with Gasteiger partial charge in [-0.2, -0.15) is 5.10 Å². The first kappa shape index (κ1) is 16.3. The predicted octanol–water partition coefficient (Wildman–Crippen LogP) is 3.21. The van der Waals surface area contributed by atoms with Gasteiger partial charge in [0.15, 0.2) is 5.16 Å². The third kappa shape index (κ3) is 3.65. The number of hydrogen-bond donors (Lipinski definition) is 1. The first-order valence-corrected chi connectivity index (χ1v) is 8.56. The Morgan fingerprint density at radius 3 is 2.62 bits per heavy atom. The summed E-state index contributed by atoms with van der Waals surface area (Å²) in [5, 5.41) is 4.96. The zero-order valence-corrected chi connectivity index (χ0v) is 14.4. The first-order valence-electron chi connectivity index (χ1n) is 7.58. The minimum absolute atomic E-state index is 0.151. The molecule has 122 valence electrons. The number of nitrogens with zero attached hydrogens (tertiary/aromatic N) is 3. The number of imidazole rings is 1. The molecular weight excluding hydrogens is 320 g/mol. The topological polar surface area (TPSA) is 59.3 Å². The van der Waals surface area contributed by atoms with Crippen LogP contribution >= 0.6 is 11.8 Å². The normalized spacial score (nSPS) is 11.7. The van der Waals surface area contributed by atoms with Crippen LogP contribution in [0, 0.1) is 0 Å². The zero-order valence-electron chi connectivity index (χ0n) is 13.6. The maximum Gasteiger partial charge on any atom is 0.250 e. The van der Waals surface area contributed by atoms with Crippen LogP contribution in [0.3, 0.4) is 0 Å². The van der Waals surface area contributed by atoms with Gasteiger partial charge >= 0.3 is 0 Å². The van der Waals surface area contributed by atoms with Crippen LogP contribution in [-0.4, -0.2) is 26.9 Å². The Morgan fingerprint density at radius 2 is 1.88 bits per heavy atom. The number of carbonyl (C=O) groups is 1. The summed E-state index contributed by atoms with van der Waals surface area (Å²) in [6.45, 7) is 1.87. The lowest BCUT2D eigenvalue weighted by Gasteiger charge is -2.03. The summed E-state index contributed by atoms with van der Waals surface area (Å²) < 4.78 is 1.99. The Labute approximate surface area is 144 Å². The van der Waals surface area contributed by atoms with Gasteiger partial charge in [0.05, 0.1) is 22.5 Å². The summed E-state index contributed by atoms with van der Waals surface area (Å²) in [5.74, 6) is 0.116. The zero-order chi connectivity index (χ0) is 16.9. The highest BCUT2D eigenvalue weighted by molar-refractivity contribution is 7.99. The van der Waals surface area contributed by atoms with E-state index >= 15 is 0 Å². The smallest absolute Gasteiger partial charge is 0.250 e. The molecule has 0 bridgehead atoms. The molecule has 1 heterocycles. The Kier molecular flexibility index (Phi) is 4.96. The average molecular weight is 338 g/mol. The van der Waals surface area contributed by atoms with Crippen LogP contribution < -0.4 is 5.43 Å². The SMILES string of the molecule is CC(=NNC(=O)CSc1nc2ccccc2n1C)c1ccccc1. The standard InChI is InChI=1S/C18H18N4OS/c1-13(14-8-4-3-5-9-14)20-21-17(23)12-24-18-19-15-10-6-7-11-16(15)22(18)2/h3-11H,12H2,1-2H3,(H,21,23).